The highest BCUT2D eigenvalue weighted by Crippen LogP contribution is 2.19. The maximum atomic E-state index is 12.2. The molecule has 1 aromatic heterocycles. The highest BCUT2D eigenvalue weighted by molar-refractivity contribution is 5.78. The van der Waals surface area contributed by atoms with Gasteiger partial charge in [0.05, 0.1) is 12.2 Å². The number of aryl methyl sites for hydroxylation is 1. The van der Waals surface area contributed by atoms with E-state index in [9.17, 15) is 4.79 Å². The molecular weight excluding hydrogens is 300 g/mol. The number of carbonyl (C=O) groups excluding carboxylic acids is 1. The molecule has 5 nitrogen and oxygen atoms in total. The second-order valence-corrected chi connectivity index (χ2v) is 6.78. The summed E-state index contributed by atoms with van der Waals surface area (Å²) in [6, 6.07) is 0. The summed E-state index contributed by atoms with van der Waals surface area (Å²) < 4.78 is 0. The molecule has 2 heterocycles. The summed E-state index contributed by atoms with van der Waals surface area (Å²) in [4.78, 5) is 23.4. The van der Waals surface area contributed by atoms with Crippen LogP contribution in [0.3, 0.4) is 0 Å². The van der Waals surface area contributed by atoms with Crippen molar-refractivity contribution in [1.29, 1.82) is 0 Å². The van der Waals surface area contributed by atoms with Crippen molar-refractivity contribution in [2.45, 2.75) is 58.4 Å². The lowest BCUT2D eigenvalue weighted by molar-refractivity contribution is -0.122. The summed E-state index contributed by atoms with van der Waals surface area (Å²) in [5.41, 5.74) is 3.83. The van der Waals surface area contributed by atoms with Crippen LogP contribution in [0, 0.1) is 0 Å². The van der Waals surface area contributed by atoms with E-state index in [1.807, 2.05) is 6.20 Å². The number of amides is 1. The minimum atomic E-state index is 0.125. The number of allylic oxidation sites excluding steroid dienone is 1. The molecule has 1 amide bonds. The number of rotatable bonds is 6. The summed E-state index contributed by atoms with van der Waals surface area (Å²) in [5.74, 6) is 1.01. The zero-order chi connectivity index (χ0) is 16.8. The lowest BCUT2D eigenvalue weighted by Crippen LogP contribution is -2.40. The second kappa shape index (κ2) is 8.38. The Balaban J connectivity index is 1.44. The van der Waals surface area contributed by atoms with Crippen molar-refractivity contribution in [1.82, 2.24) is 20.2 Å². The van der Waals surface area contributed by atoms with E-state index in [1.165, 1.54) is 36.8 Å². The number of hydrogen-bond donors (Lipinski definition) is 1. The molecule has 0 fully saturated rings. The first-order valence-electron chi connectivity index (χ1n) is 9.25. The molecule has 0 spiro atoms. The van der Waals surface area contributed by atoms with Crippen LogP contribution in [0.1, 0.15) is 56.1 Å². The first-order chi connectivity index (χ1) is 11.7. The van der Waals surface area contributed by atoms with Crippen LogP contribution < -0.4 is 5.32 Å². The SMILES string of the molecule is CCc1ncc2c(n1)CN(CC(=O)NCCC1=CCCCC1)CC2. The molecule has 1 aliphatic heterocycles. The van der Waals surface area contributed by atoms with Gasteiger partial charge in [-0.25, -0.2) is 9.97 Å². The molecule has 24 heavy (non-hydrogen) atoms. The molecule has 1 aromatic rings. The number of fused-ring (bicyclic) bond motifs is 1. The summed E-state index contributed by atoms with van der Waals surface area (Å²) in [7, 11) is 0. The third-order valence-corrected chi connectivity index (χ3v) is 4.91. The van der Waals surface area contributed by atoms with Crippen LogP contribution in [0.2, 0.25) is 0 Å². The Hall–Kier alpha value is -1.75. The average Bonchev–Trinajstić information content (AvgIpc) is 2.62. The van der Waals surface area contributed by atoms with E-state index in [0.29, 0.717) is 6.54 Å². The molecule has 0 saturated carbocycles. The van der Waals surface area contributed by atoms with E-state index >= 15 is 0 Å². The van der Waals surface area contributed by atoms with Crippen LogP contribution in [0.25, 0.3) is 0 Å². The molecular formula is C19H28N4O. The predicted octanol–water partition coefficient (Wildman–Crippen LogP) is 2.40. The molecule has 130 valence electrons. The van der Waals surface area contributed by atoms with E-state index in [4.69, 9.17) is 0 Å². The number of nitrogens with zero attached hydrogens (tertiary/aromatic N) is 3. The van der Waals surface area contributed by atoms with Crippen LogP contribution in [0.5, 0.6) is 0 Å². The Morgan fingerprint density at radius 2 is 2.25 bits per heavy atom. The van der Waals surface area contributed by atoms with Crippen molar-refractivity contribution in [3.8, 4) is 0 Å². The van der Waals surface area contributed by atoms with Gasteiger partial charge in [-0.05, 0) is 44.1 Å². The minimum absolute atomic E-state index is 0.125. The van der Waals surface area contributed by atoms with Gasteiger partial charge in [0.2, 0.25) is 5.91 Å². The highest BCUT2D eigenvalue weighted by atomic mass is 16.2. The molecule has 0 atom stereocenters. The van der Waals surface area contributed by atoms with E-state index in [1.54, 1.807) is 0 Å². The zero-order valence-corrected chi connectivity index (χ0v) is 14.7. The maximum absolute atomic E-state index is 12.2. The van der Waals surface area contributed by atoms with E-state index in [2.05, 4.69) is 33.2 Å². The molecule has 0 unspecified atom stereocenters. The minimum Gasteiger partial charge on any atom is -0.355 e. The molecule has 1 aliphatic carbocycles. The van der Waals surface area contributed by atoms with Crippen LogP contribution in [0.4, 0.5) is 0 Å². The molecule has 3 rings (SSSR count). The predicted molar refractivity (Wildman–Crippen MR) is 94.6 cm³/mol. The van der Waals surface area contributed by atoms with Crippen LogP contribution in [-0.2, 0) is 24.2 Å². The van der Waals surface area contributed by atoms with Crippen LogP contribution in [-0.4, -0.2) is 40.4 Å². The molecule has 2 aliphatic rings. The summed E-state index contributed by atoms with van der Waals surface area (Å²) >= 11 is 0. The smallest absolute Gasteiger partial charge is 0.234 e. The van der Waals surface area contributed by atoms with Crippen LogP contribution in [0.15, 0.2) is 17.8 Å². The molecule has 0 bridgehead atoms. The van der Waals surface area contributed by atoms with Gasteiger partial charge < -0.3 is 5.32 Å². The molecule has 0 aromatic carbocycles. The maximum Gasteiger partial charge on any atom is 0.234 e. The van der Waals surface area contributed by atoms with Crippen molar-refractivity contribution < 1.29 is 4.79 Å². The number of nitrogens with one attached hydrogen (secondary N) is 1. The third-order valence-electron chi connectivity index (χ3n) is 4.91. The third kappa shape index (κ3) is 4.63. The van der Waals surface area contributed by atoms with Gasteiger partial charge in [0.15, 0.2) is 0 Å². The van der Waals surface area contributed by atoms with Gasteiger partial charge in [-0.3, -0.25) is 9.69 Å². The quantitative estimate of drug-likeness (QED) is 0.815. The van der Waals surface area contributed by atoms with Crippen LogP contribution >= 0.6 is 0 Å². The number of hydrogen-bond acceptors (Lipinski definition) is 4. The van der Waals surface area contributed by atoms with E-state index in [0.717, 1.165) is 50.4 Å². The Morgan fingerprint density at radius 3 is 3.04 bits per heavy atom. The van der Waals surface area contributed by atoms with Gasteiger partial charge in [-0.1, -0.05) is 18.6 Å². The molecule has 0 saturated heterocycles. The first-order valence-corrected chi connectivity index (χ1v) is 9.25. The second-order valence-electron chi connectivity index (χ2n) is 6.78. The van der Waals surface area contributed by atoms with Crippen molar-refractivity contribution >= 4 is 5.91 Å². The van der Waals surface area contributed by atoms with Crippen molar-refractivity contribution in [3.05, 3.63) is 34.9 Å². The van der Waals surface area contributed by atoms with Crippen molar-refractivity contribution in [2.24, 2.45) is 0 Å². The lowest BCUT2D eigenvalue weighted by Gasteiger charge is -2.27. The Kier molecular flexibility index (Phi) is 5.96. The van der Waals surface area contributed by atoms with Crippen molar-refractivity contribution in [2.75, 3.05) is 19.6 Å². The highest BCUT2D eigenvalue weighted by Gasteiger charge is 2.20. The Labute approximate surface area is 144 Å². The number of aromatic nitrogens is 2. The summed E-state index contributed by atoms with van der Waals surface area (Å²) in [6.45, 7) is 4.95. The normalized spacial score (nSPS) is 18.0. The molecule has 5 heteroatoms. The van der Waals surface area contributed by atoms with E-state index in [-0.39, 0.29) is 5.91 Å². The molecule has 1 N–H and O–H groups in total. The average molecular weight is 328 g/mol. The summed E-state index contributed by atoms with van der Waals surface area (Å²) in [5, 5.41) is 3.07. The van der Waals surface area contributed by atoms with Gasteiger partial charge in [0.1, 0.15) is 5.82 Å². The van der Waals surface area contributed by atoms with E-state index < -0.39 is 0 Å². The Bertz CT molecular complexity index is 611. The standard InChI is InChI=1S/C19H28N4O/c1-2-18-21-12-16-9-11-23(13-17(16)22-18)14-19(24)20-10-8-15-6-4-3-5-7-15/h6,12H,2-5,7-11,13-14H2,1H3,(H,20,24). The molecule has 0 radical (unpaired) electrons. The van der Waals surface area contributed by atoms with Gasteiger partial charge in [-0.15, -0.1) is 0 Å². The van der Waals surface area contributed by atoms with Crippen molar-refractivity contribution in [3.63, 3.8) is 0 Å². The van der Waals surface area contributed by atoms with Gasteiger partial charge in [0, 0.05) is 32.3 Å². The largest absolute Gasteiger partial charge is 0.355 e. The Morgan fingerprint density at radius 1 is 1.33 bits per heavy atom. The van der Waals surface area contributed by atoms with Gasteiger partial charge >= 0.3 is 0 Å². The first kappa shape index (κ1) is 17.1. The fourth-order valence-corrected chi connectivity index (χ4v) is 3.46. The fourth-order valence-electron chi connectivity index (χ4n) is 3.46. The zero-order valence-electron chi connectivity index (χ0n) is 14.7. The number of carbonyl (C=O) groups is 1. The fraction of sp³-hybridized carbons (Fsp3) is 0.632. The monoisotopic (exact) mass is 328 g/mol. The van der Waals surface area contributed by atoms with Gasteiger partial charge in [0.25, 0.3) is 0 Å². The lowest BCUT2D eigenvalue weighted by atomic mass is 9.97. The topological polar surface area (TPSA) is 58.1 Å². The summed E-state index contributed by atoms with van der Waals surface area (Å²) in [6.07, 6.45) is 12.1. The van der Waals surface area contributed by atoms with Gasteiger partial charge in [-0.2, -0.15) is 0 Å².